The maximum Gasteiger partial charge on any atom is 0.264 e. The van der Waals surface area contributed by atoms with Gasteiger partial charge in [0.25, 0.3) is 5.91 Å². The van der Waals surface area contributed by atoms with Crippen LogP contribution < -0.4 is 10.1 Å². The number of thiazole rings is 1. The van der Waals surface area contributed by atoms with Crippen molar-refractivity contribution in [1.29, 1.82) is 0 Å². The molecule has 7 nitrogen and oxygen atoms in total. The van der Waals surface area contributed by atoms with Gasteiger partial charge in [0, 0.05) is 12.6 Å². The summed E-state index contributed by atoms with van der Waals surface area (Å²) in [6.45, 7) is 4.19. The Bertz CT molecular complexity index is 1130. The number of aromatic nitrogens is 2. The van der Waals surface area contributed by atoms with Crippen molar-refractivity contribution in [3.8, 4) is 5.75 Å². The third-order valence-electron chi connectivity index (χ3n) is 4.57. The molecule has 9 heteroatoms. The molecule has 0 aliphatic rings. The molecule has 29 heavy (non-hydrogen) atoms. The maximum absolute atomic E-state index is 12.9. The highest BCUT2D eigenvalue weighted by Gasteiger charge is 2.20. The van der Waals surface area contributed by atoms with Crippen LogP contribution in [0.5, 0.6) is 5.75 Å². The number of benzene rings is 1. The van der Waals surface area contributed by atoms with Crippen LogP contribution in [0, 0.1) is 13.8 Å². The van der Waals surface area contributed by atoms with Gasteiger partial charge in [-0.3, -0.25) is 4.79 Å². The predicted molar refractivity (Wildman–Crippen MR) is 116 cm³/mol. The summed E-state index contributed by atoms with van der Waals surface area (Å²) in [5, 5.41) is 8.00. The zero-order chi connectivity index (χ0) is 20.5. The standard InChI is InChI=1S/C20H20N4O3S2/c1-11-13(12(2)27-23-11)10-24(3)19(25)17-9-16-18(28-17)22-20(29-16)21-14-7-5-6-8-15(14)26-4/h5-9H,10H2,1-4H3,(H,21,22). The zero-order valence-corrected chi connectivity index (χ0v) is 18.1. The van der Waals surface area contributed by atoms with Gasteiger partial charge in [-0.1, -0.05) is 28.6 Å². The molecule has 4 rings (SSSR count). The number of amides is 1. The van der Waals surface area contributed by atoms with Crippen LogP contribution in [0.4, 0.5) is 10.8 Å². The quantitative estimate of drug-likeness (QED) is 0.466. The molecule has 3 heterocycles. The summed E-state index contributed by atoms with van der Waals surface area (Å²) < 4.78 is 11.5. The first kappa shape index (κ1) is 19.4. The SMILES string of the molecule is COc1ccccc1Nc1nc2sc(C(=O)N(C)Cc3c(C)noc3C)cc2s1. The monoisotopic (exact) mass is 428 g/mol. The van der Waals surface area contributed by atoms with E-state index >= 15 is 0 Å². The fourth-order valence-corrected chi connectivity index (χ4v) is 5.10. The third kappa shape index (κ3) is 3.83. The molecule has 3 aromatic heterocycles. The fourth-order valence-electron chi connectivity index (χ4n) is 2.98. The van der Waals surface area contributed by atoms with Crippen molar-refractivity contribution >= 4 is 48.9 Å². The van der Waals surface area contributed by atoms with Crippen molar-refractivity contribution < 1.29 is 14.1 Å². The smallest absolute Gasteiger partial charge is 0.264 e. The number of anilines is 2. The Balaban J connectivity index is 1.51. The van der Waals surface area contributed by atoms with E-state index in [1.54, 1.807) is 19.1 Å². The molecule has 150 valence electrons. The van der Waals surface area contributed by atoms with Gasteiger partial charge >= 0.3 is 0 Å². The molecule has 1 aromatic carbocycles. The molecular formula is C20H20N4O3S2. The van der Waals surface area contributed by atoms with Crippen molar-refractivity contribution in [2.24, 2.45) is 0 Å². The highest BCUT2D eigenvalue weighted by atomic mass is 32.1. The summed E-state index contributed by atoms with van der Waals surface area (Å²) in [5.74, 6) is 1.45. The van der Waals surface area contributed by atoms with Crippen molar-refractivity contribution in [2.45, 2.75) is 20.4 Å². The number of hydrogen-bond donors (Lipinski definition) is 1. The molecule has 4 aromatic rings. The number of carbonyl (C=O) groups is 1. The van der Waals surface area contributed by atoms with Crippen molar-refractivity contribution in [1.82, 2.24) is 15.0 Å². The molecule has 0 aliphatic heterocycles. The summed E-state index contributed by atoms with van der Waals surface area (Å²) in [4.78, 5) is 20.6. The summed E-state index contributed by atoms with van der Waals surface area (Å²) >= 11 is 2.90. The van der Waals surface area contributed by atoms with Crippen LogP contribution in [0.2, 0.25) is 0 Å². The van der Waals surface area contributed by atoms with E-state index in [0.717, 1.165) is 43.1 Å². The molecule has 0 saturated carbocycles. The second-order valence-electron chi connectivity index (χ2n) is 6.59. The molecule has 0 fully saturated rings. The number of hydrogen-bond acceptors (Lipinski definition) is 8. The fraction of sp³-hybridized carbons (Fsp3) is 0.250. The minimum absolute atomic E-state index is 0.0422. The normalized spacial score (nSPS) is 11.0. The number of methoxy groups -OCH3 is 1. The first-order chi connectivity index (χ1) is 14.0. The van der Waals surface area contributed by atoms with E-state index in [1.165, 1.54) is 22.7 Å². The number of ether oxygens (including phenoxy) is 1. The Labute approximate surface area is 175 Å². The first-order valence-electron chi connectivity index (χ1n) is 8.94. The first-order valence-corrected chi connectivity index (χ1v) is 10.6. The van der Waals surface area contributed by atoms with Crippen LogP contribution in [-0.4, -0.2) is 35.1 Å². The molecule has 0 saturated heterocycles. The molecule has 1 amide bonds. The highest BCUT2D eigenvalue weighted by molar-refractivity contribution is 7.29. The van der Waals surface area contributed by atoms with Crippen LogP contribution in [0.15, 0.2) is 34.9 Å². The second-order valence-corrected chi connectivity index (χ2v) is 8.65. The van der Waals surface area contributed by atoms with E-state index in [9.17, 15) is 4.79 Å². The number of nitrogens with zero attached hydrogens (tertiary/aromatic N) is 3. The van der Waals surface area contributed by atoms with Gasteiger partial charge in [0.2, 0.25) is 0 Å². The van der Waals surface area contributed by atoms with Crippen LogP contribution in [-0.2, 0) is 6.54 Å². The van der Waals surface area contributed by atoms with Crippen molar-refractivity contribution in [3.63, 3.8) is 0 Å². The van der Waals surface area contributed by atoms with Crippen LogP contribution >= 0.6 is 22.7 Å². The summed E-state index contributed by atoms with van der Waals surface area (Å²) in [6.07, 6.45) is 0. The lowest BCUT2D eigenvalue weighted by Crippen LogP contribution is -2.25. The minimum atomic E-state index is -0.0422. The lowest BCUT2D eigenvalue weighted by molar-refractivity contribution is 0.0789. The van der Waals surface area contributed by atoms with Gasteiger partial charge in [0.1, 0.15) is 16.3 Å². The topological polar surface area (TPSA) is 80.5 Å². The predicted octanol–water partition coefficient (Wildman–Crippen LogP) is 4.99. The van der Waals surface area contributed by atoms with Gasteiger partial charge in [0.05, 0.1) is 34.6 Å². The number of fused-ring (bicyclic) bond motifs is 1. The van der Waals surface area contributed by atoms with Gasteiger partial charge in [-0.25, -0.2) is 4.98 Å². The molecular weight excluding hydrogens is 408 g/mol. The largest absolute Gasteiger partial charge is 0.495 e. The Kier molecular flexibility index (Phi) is 5.25. The van der Waals surface area contributed by atoms with Gasteiger partial charge in [-0.2, -0.15) is 0 Å². The minimum Gasteiger partial charge on any atom is -0.495 e. The van der Waals surface area contributed by atoms with E-state index in [0.29, 0.717) is 11.4 Å². The Hall–Kier alpha value is -2.91. The van der Waals surface area contributed by atoms with Crippen molar-refractivity contribution in [2.75, 3.05) is 19.5 Å². The van der Waals surface area contributed by atoms with Gasteiger partial charge < -0.3 is 19.5 Å². The molecule has 0 bridgehead atoms. The highest BCUT2D eigenvalue weighted by Crippen LogP contribution is 2.36. The second kappa shape index (κ2) is 7.84. The van der Waals surface area contributed by atoms with E-state index < -0.39 is 0 Å². The van der Waals surface area contributed by atoms with Gasteiger partial charge in [0.15, 0.2) is 5.13 Å². The number of aryl methyl sites for hydroxylation is 2. The Morgan fingerprint density at radius 3 is 2.76 bits per heavy atom. The van der Waals surface area contributed by atoms with Crippen LogP contribution in [0.1, 0.15) is 26.7 Å². The lowest BCUT2D eigenvalue weighted by atomic mass is 10.2. The molecule has 0 unspecified atom stereocenters. The summed E-state index contributed by atoms with van der Waals surface area (Å²) in [7, 11) is 3.42. The number of rotatable bonds is 6. The van der Waals surface area contributed by atoms with Crippen molar-refractivity contribution in [3.05, 3.63) is 52.2 Å². The Morgan fingerprint density at radius 1 is 1.28 bits per heavy atom. The number of thiophene rings is 1. The number of carbonyl (C=O) groups excluding carboxylic acids is 1. The number of nitrogens with one attached hydrogen (secondary N) is 1. The molecule has 0 radical (unpaired) electrons. The van der Waals surface area contributed by atoms with Crippen LogP contribution in [0.3, 0.4) is 0 Å². The Morgan fingerprint density at radius 2 is 2.07 bits per heavy atom. The third-order valence-corrected chi connectivity index (χ3v) is 6.64. The molecule has 0 aliphatic carbocycles. The van der Waals surface area contributed by atoms with Gasteiger partial charge in [-0.05, 0) is 32.0 Å². The summed E-state index contributed by atoms with van der Waals surface area (Å²) in [5.41, 5.74) is 2.61. The summed E-state index contributed by atoms with van der Waals surface area (Å²) in [6, 6.07) is 9.59. The van der Waals surface area contributed by atoms with Gasteiger partial charge in [-0.15, -0.1) is 11.3 Å². The van der Waals surface area contributed by atoms with E-state index in [1.807, 2.05) is 44.2 Å². The number of para-hydroxylation sites is 2. The molecule has 1 N–H and O–H groups in total. The molecule has 0 spiro atoms. The lowest BCUT2D eigenvalue weighted by Gasteiger charge is -2.15. The van der Waals surface area contributed by atoms with E-state index in [4.69, 9.17) is 9.26 Å². The average molecular weight is 429 g/mol. The molecule has 0 atom stereocenters. The maximum atomic E-state index is 12.9. The average Bonchev–Trinajstić information content (AvgIpc) is 3.36. The van der Waals surface area contributed by atoms with E-state index in [2.05, 4.69) is 15.5 Å². The van der Waals surface area contributed by atoms with E-state index in [-0.39, 0.29) is 5.91 Å². The van der Waals surface area contributed by atoms with Crippen LogP contribution in [0.25, 0.3) is 9.53 Å². The zero-order valence-electron chi connectivity index (χ0n) is 16.5.